The third kappa shape index (κ3) is 3.05. The summed E-state index contributed by atoms with van der Waals surface area (Å²) in [5, 5.41) is 12.5. The standard InChI is InChI=1S/C13H18N2O2/c1-15-7-6-11(9-15)14-8-10-4-2-3-5-12(10)13(16)17/h2-5,11,14H,6-9H2,1H3,(H,16,17). The van der Waals surface area contributed by atoms with Gasteiger partial charge in [0.15, 0.2) is 0 Å². The van der Waals surface area contributed by atoms with Crippen LogP contribution in [0.5, 0.6) is 0 Å². The molecule has 17 heavy (non-hydrogen) atoms. The van der Waals surface area contributed by atoms with Crippen LogP contribution in [-0.4, -0.2) is 42.2 Å². The topological polar surface area (TPSA) is 52.6 Å². The maximum Gasteiger partial charge on any atom is 0.336 e. The number of nitrogens with one attached hydrogen (secondary N) is 1. The summed E-state index contributed by atoms with van der Waals surface area (Å²) < 4.78 is 0. The van der Waals surface area contributed by atoms with Crippen molar-refractivity contribution in [2.45, 2.75) is 19.0 Å². The predicted octanol–water partition coefficient (Wildman–Crippen LogP) is 1.18. The van der Waals surface area contributed by atoms with Gasteiger partial charge in [-0.1, -0.05) is 18.2 Å². The fourth-order valence-corrected chi connectivity index (χ4v) is 2.24. The van der Waals surface area contributed by atoms with Crippen LogP contribution in [0.2, 0.25) is 0 Å². The largest absolute Gasteiger partial charge is 0.478 e. The molecular weight excluding hydrogens is 216 g/mol. The number of aromatic carboxylic acids is 1. The number of carboxylic acids is 1. The zero-order valence-electron chi connectivity index (χ0n) is 10.0. The van der Waals surface area contributed by atoms with E-state index in [0.29, 0.717) is 18.2 Å². The smallest absolute Gasteiger partial charge is 0.336 e. The van der Waals surface area contributed by atoms with E-state index in [1.807, 2.05) is 12.1 Å². The Labute approximate surface area is 101 Å². The molecule has 1 fully saturated rings. The maximum atomic E-state index is 11.0. The molecule has 0 aliphatic carbocycles. The van der Waals surface area contributed by atoms with Crippen molar-refractivity contribution in [3.63, 3.8) is 0 Å². The fourth-order valence-electron chi connectivity index (χ4n) is 2.24. The summed E-state index contributed by atoms with van der Waals surface area (Å²) in [5.74, 6) is -0.856. The zero-order chi connectivity index (χ0) is 12.3. The third-order valence-electron chi connectivity index (χ3n) is 3.22. The highest BCUT2D eigenvalue weighted by Gasteiger charge is 2.19. The molecule has 1 saturated heterocycles. The van der Waals surface area contributed by atoms with E-state index in [-0.39, 0.29) is 0 Å². The molecule has 1 heterocycles. The minimum Gasteiger partial charge on any atom is -0.478 e. The lowest BCUT2D eigenvalue weighted by atomic mass is 10.1. The Bertz CT molecular complexity index is 406. The molecule has 4 heteroatoms. The van der Waals surface area contributed by atoms with Crippen LogP contribution in [0.4, 0.5) is 0 Å². The molecule has 0 saturated carbocycles. The van der Waals surface area contributed by atoms with Gasteiger partial charge >= 0.3 is 5.97 Å². The molecule has 1 aromatic carbocycles. The van der Waals surface area contributed by atoms with Crippen LogP contribution in [0.1, 0.15) is 22.3 Å². The van der Waals surface area contributed by atoms with Crippen LogP contribution in [0, 0.1) is 0 Å². The van der Waals surface area contributed by atoms with E-state index in [9.17, 15) is 4.79 Å². The van der Waals surface area contributed by atoms with Gasteiger partial charge in [0.2, 0.25) is 0 Å². The first-order valence-corrected chi connectivity index (χ1v) is 5.90. The first-order chi connectivity index (χ1) is 8.16. The molecule has 4 nitrogen and oxygen atoms in total. The molecule has 1 unspecified atom stereocenters. The van der Waals surface area contributed by atoms with Crippen LogP contribution in [0.3, 0.4) is 0 Å². The van der Waals surface area contributed by atoms with E-state index in [1.54, 1.807) is 12.1 Å². The normalized spacial score (nSPS) is 20.6. The number of nitrogens with zero attached hydrogens (tertiary/aromatic N) is 1. The third-order valence-corrected chi connectivity index (χ3v) is 3.22. The number of carboxylic acid groups (broad SMARTS) is 1. The number of likely N-dealkylation sites (N-methyl/N-ethyl adjacent to an activating group) is 1. The second kappa shape index (κ2) is 5.29. The van der Waals surface area contributed by atoms with E-state index in [4.69, 9.17) is 5.11 Å². The monoisotopic (exact) mass is 234 g/mol. The number of hydrogen-bond acceptors (Lipinski definition) is 3. The van der Waals surface area contributed by atoms with Crippen molar-refractivity contribution < 1.29 is 9.90 Å². The van der Waals surface area contributed by atoms with Gasteiger partial charge in [-0.15, -0.1) is 0 Å². The van der Waals surface area contributed by atoms with Gasteiger partial charge < -0.3 is 15.3 Å². The summed E-state index contributed by atoms with van der Waals surface area (Å²) in [6.45, 7) is 2.77. The van der Waals surface area contributed by atoms with Gasteiger partial charge in [-0.25, -0.2) is 4.79 Å². The van der Waals surface area contributed by atoms with Gasteiger partial charge in [0.1, 0.15) is 0 Å². The summed E-state index contributed by atoms with van der Waals surface area (Å²) in [5.41, 5.74) is 1.25. The molecule has 0 amide bonds. The van der Waals surface area contributed by atoms with Gasteiger partial charge in [-0.2, -0.15) is 0 Å². The number of carbonyl (C=O) groups is 1. The van der Waals surface area contributed by atoms with Crippen molar-refractivity contribution in [2.75, 3.05) is 20.1 Å². The molecule has 1 aromatic rings. The molecule has 2 N–H and O–H groups in total. The van der Waals surface area contributed by atoms with Gasteiger partial charge in [-0.05, 0) is 31.6 Å². The predicted molar refractivity (Wildman–Crippen MR) is 66.1 cm³/mol. The van der Waals surface area contributed by atoms with Crippen molar-refractivity contribution in [1.29, 1.82) is 0 Å². The Morgan fingerprint density at radius 1 is 1.53 bits per heavy atom. The molecule has 0 aromatic heterocycles. The molecular formula is C13H18N2O2. The number of hydrogen-bond donors (Lipinski definition) is 2. The molecule has 1 aliphatic rings. The van der Waals surface area contributed by atoms with Crippen molar-refractivity contribution in [2.24, 2.45) is 0 Å². The molecule has 0 radical (unpaired) electrons. The van der Waals surface area contributed by atoms with E-state index in [2.05, 4.69) is 17.3 Å². The second-order valence-electron chi connectivity index (χ2n) is 4.59. The first-order valence-electron chi connectivity index (χ1n) is 5.90. The highest BCUT2D eigenvalue weighted by Crippen LogP contribution is 2.11. The Balaban J connectivity index is 1.97. The Kier molecular flexibility index (Phi) is 3.76. The van der Waals surface area contributed by atoms with Gasteiger partial charge in [0.25, 0.3) is 0 Å². The summed E-state index contributed by atoms with van der Waals surface area (Å²) >= 11 is 0. The highest BCUT2D eigenvalue weighted by atomic mass is 16.4. The van der Waals surface area contributed by atoms with Crippen molar-refractivity contribution in [3.05, 3.63) is 35.4 Å². The van der Waals surface area contributed by atoms with E-state index >= 15 is 0 Å². The van der Waals surface area contributed by atoms with Gasteiger partial charge in [0.05, 0.1) is 5.56 Å². The van der Waals surface area contributed by atoms with Crippen LogP contribution < -0.4 is 5.32 Å². The first kappa shape index (κ1) is 12.1. The van der Waals surface area contributed by atoms with Crippen molar-refractivity contribution in [1.82, 2.24) is 10.2 Å². The zero-order valence-corrected chi connectivity index (χ0v) is 10.0. The van der Waals surface area contributed by atoms with Crippen LogP contribution in [-0.2, 0) is 6.54 Å². The van der Waals surface area contributed by atoms with Gasteiger partial charge in [-0.3, -0.25) is 0 Å². The van der Waals surface area contributed by atoms with E-state index in [1.165, 1.54) is 0 Å². The average Bonchev–Trinajstić information content (AvgIpc) is 2.73. The molecule has 1 atom stereocenters. The minimum absolute atomic E-state index is 0.395. The molecule has 92 valence electrons. The second-order valence-corrected chi connectivity index (χ2v) is 4.59. The van der Waals surface area contributed by atoms with Crippen LogP contribution in [0.25, 0.3) is 0 Å². The average molecular weight is 234 g/mol. The lowest BCUT2D eigenvalue weighted by Gasteiger charge is -2.13. The Morgan fingerprint density at radius 3 is 2.94 bits per heavy atom. The molecule has 0 bridgehead atoms. The minimum atomic E-state index is -0.856. The van der Waals surface area contributed by atoms with Crippen molar-refractivity contribution in [3.8, 4) is 0 Å². The Hall–Kier alpha value is -1.39. The van der Waals surface area contributed by atoms with E-state index in [0.717, 1.165) is 25.1 Å². The Morgan fingerprint density at radius 2 is 2.29 bits per heavy atom. The SMILES string of the molecule is CN1CCC(NCc2ccccc2C(=O)O)C1. The van der Waals surface area contributed by atoms with Crippen LogP contribution >= 0.6 is 0 Å². The number of likely N-dealkylation sites (tertiary alicyclic amines) is 1. The van der Waals surface area contributed by atoms with Crippen LogP contribution in [0.15, 0.2) is 24.3 Å². The van der Waals surface area contributed by atoms with Crippen molar-refractivity contribution >= 4 is 5.97 Å². The summed E-state index contributed by atoms with van der Waals surface area (Å²) in [4.78, 5) is 13.3. The van der Waals surface area contributed by atoms with E-state index < -0.39 is 5.97 Å². The molecule has 2 rings (SSSR count). The molecule has 1 aliphatic heterocycles. The molecule has 0 spiro atoms. The van der Waals surface area contributed by atoms with Gasteiger partial charge in [0, 0.05) is 19.1 Å². The number of rotatable bonds is 4. The summed E-state index contributed by atoms with van der Waals surface area (Å²) in [6.07, 6.45) is 1.13. The number of benzene rings is 1. The fraction of sp³-hybridized carbons (Fsp3) is 0.462. The maximum absolute atomic E-state index is 11.0. The lowest BCUT2D eigenvalue weighted by molar-refractivity contribution is 0.0695. The summed E-state index contributed by atoms with van der Waals surface area (Å²) in [7, 11) is 2.10. The summed E-state index contributed by atoms with van der Waals surface area (Å²) in [6, 6.07) is 7.64. The lowest BCUT2D eigenvalue weighted by Crippen LogP contribution is -2.31. The quantitative estimate of drug-likeness (QED) is 0.821. The highest BCUT2D eigenvalue weighted by molar-refractivity contribution is 5.89.